The highest BCUT2D eigenvalue weighted by Gasteiger charge is 2.42. The third kappa shape index (κ3) is 2.74. The number of likely N-dealkylation sites (tertiary alicyclic amines) is 1. The number of ketones is 1. The maximum Gasteiger partial charge on any atom is 0.294 e. The average Bonchev–Trinajstić information content (AvgIpc) is 2.64. The number of nitrogens with zero attached hydrogens (tertiary/aromatic N) is 1. The smallest absolute Gasteiger partial charge is 0.294 e. The number of halogens is 1. The van der Waals surface area contributed by atoms with E-state index in [2.05, 4.69) is 15.9 Å². The van der Waals surface area contributed by atoms with Crippen molar-refractivity contribution in [3.05, 3.63) is 23.9 Å². The van der Waals surface area contributed by atoms with Gasteiger partial charge < -0.3 is 4.90 Å². The van der Waals surface area contributed by atoms with Crippen LogP contribution in [0, 0.1) is 5.92 Å². The zero-order valence-corrected chi connectivity index (χ0v) is 12.0. The third-order valence-electron chi connectivity index (χ3n) is 3.48. The van der Waals surface area contributed by atoms with E-state index >= 15 is 0 Å². The third-order valence-corrected chi connectivity index (χ3v) is 4.04. The van der Waals surface area contributed by atoms with E-state index in [1.54, 1.807) is 4.90 Å². The minimum atomic E-state index is -0.310. The Labute approximate surface area is 116 Å². The topological polar surface area (TPSA) is 37.4 Å². The lowest BCUT2D eigenvalue weighted by Gasteiger charge is -2.20. The lowest BCUT2D eigenvalue weighted by atomic mass is 9.96. The molecule has 0 spiro atoms. The molecule has 98 valence electrons. The molecule has 1 amide bonds. The van der Waals surface area contributed by atoms with Crippen LogP contribution in [0.25, 0.3) is 0 Å². The Hall–Kier alpha value is -0.900. The first-order valence-electron chi connectivity index (χ1n) is 6.54. The second kappa shape index (κ2) is 6.32. The molecule has 0 N–H and O–H groups in total. The number of carbonyl (C=O) groups excluding carboxylic acids is 2. The van der Waals surface area contributed by atoms with Gasteiger partial charge in [-0.2, -0.15) is 0 Å². The predicted molar refractivity (Wildman–Crippen MR) is 74.3 cm³/mol. The fourth-order valence-corrected chi connectivity index (χ4v) is 2.88. The van der Waals surface area contributed by atoms with Crippen molar-refractivity contribution in [2.45, 2.75) is 32.1 Å². The van der Waals surface area contributed by atoms with Gasteiger partial charge in [-0.1, -0.05) is 40.9 Å². The van der Waals surface area contributed by atoms with Gasteiger partial charge in [0, 0.05) is 17.6 Å². The summed E-state index contributed by atoms with van der Waals surface area (Å²) >= 11 is 3.40. The van der Waals surface area contributed by atoms with Gasteiger partial charge in [0.15, 0.2) is 0 Å². The second-order valence-corrected chi connectivity index (χ2v) is 5.53. The highest BCUT2D eigenvalue weighted by atomic mass is 79.9. The molecule has 3 nitrogen and oxygen atoms in total. The van der Waals surface area contributed by atoms with Gasteiger partial charge >= 0.3 is 0 Å². The number of allylic oxidation sites excluding steroid dienone is 4. The first kappa shape index (κ1) is 13.5. The fourth-order valence-electron chi connectivity index (χ4n) is 2.49. The quantitative estimate of drug-likeness (QED) is 0.430. The van der Waals surface area contributed by atoms with Crippen LogP contribution >= 0.6 is 15.9 Å². The summed E-state index contributed by atoms with van der Waals surface area (Å²) in [6.07, 6.45) is 10.9. The molecule has 1 saturated heterocycles. The Morgan fingerprint density at radius 2 is 2.00 bits per heavy atom. The molecule has 18 heavy (non-hydrogen) atoms. The molecular weight excluding hydrogens is 294 g/mol. The van der Waals surface area contributed by atoms with Gasteiger partial charge in [-0.15, -0.1) is 0 Å². The van der Waals surface area contributed by atoms with Crippen LogP contribution < -0.4 is 0 Å². The number of hydrogen-bond donors (Lipinski definition) is 0. The molecule has 1 unspecified atom stereocenters. The Morgan fingerprint density at radius 1 is 1.22 bits per heavy atom. The number of amides is 1. The van der Waals surface area contributed by atoms with Crippen LogP contribution in [0.4, 0.5) is 0 Å². The summed E-state index contributed by atoms with van der Waals surface area (Å²) in [6, 6.07) is 0. The summed E-state index contributed by atoms with van der Waals surface area (Å²) in [5.41, 5.74) is 0.910. The van der Waals surface area contributed by atoms with Crippen molar-refractivity contribution in [2.24, 2.45) is 5.92 Å². The van der Waals surface area contributed by atoms with Crippen molar-refractivity contribution in [1.29, 1.82) is 0 Å². The van der Waals surface area contributed by atoms with Crippen LogP contribution in [0.5, 0.6) is 0 Å². The van der Waals surface area contributed by atoms with Gasteiger partial charge in [0.05, 0.1) is 5.92 Å². The molecule has 4 heteroatoms. The zero-order valence-electron chi connectivity index (χ0n) is 10.4. The van der Waals surface area contributed by atoms with E-state index in [0.29, 0.717) is 13.0 Å². The van der Waals surface area contributed by atoms with Gasteiger partial charge in [-0.3, -0.25) is 9.59 Å². The zero-order chi connectivity index (χ0) is 13.0. The van der Waals surface area contributed by atoms with Crippen molar-refractivity contribution in [3.63, 3.8) is 0 Å². The molecule has 0 saturated carbocycles. The molecule has 0 aromatic rings. The molecular formula is C14H18BrNO2. The summed E-state index contributed by atoms with van der Waals surface area (Å²) in [6.45, 7) is 0.684. The number of Topliss-reactive ketones (excluding diaryl/α,β-unsaturated/α-hetero) is 1. The van der Waals surface area contributed by atoms with Gasteiger partial charge in [0.2, 0.25) is 5.78 Å². The summed E-state index contributed by atoms with van der Waals surface area (Å²) in [7, 11) is 0. The molecule has 1 heterocycles. The second-order valence-electron chi connectivity index (χ2n) is 4.73. The lowest BCUT2D eigenvalue weighted by molar-refractivity contribution is -0.140. The van der Waals surface area contributed by atoms with E-state index in [-0.39, 0.29) is 17.6 Å². The minimum Gasteiger partial charge on any atom is -0.309 e. The minimum absolute atomic E-state index is 0.204. The molecule has 1 aliphatic carbocycles. The average molecular weight is 312 g/mol. The van der Waals surface area contributed by atoms with Crippen LogP contribution in [-0.4, -0.2) is 28.5 Å². The Bertz CT molecular complexity index is 401. The fraction of sp³-hybridized carbons (Fsp3) is 0.571. The number of hydrogen-bond acceptors (Lipinski definition) is 2. The maximum absolute atomic E-state index is 11.9. The van der Waals surface area contributed by atoms with E-state index in [9.17, 15) is 9.59 Å². The number of unbranched alkanes of at least 4 members (excludes halogenated alkanes) is 3. The van der Waals surface area contributed by atoms with Gasteiger partial charge in [-0.25, -0.2) is 0 Å². The molecule has 1 fully saturated rings. The highest BCUT2D eigenvalue weighted by Crippen LogP contribution is 2.32. The summed E-state index contributed by atoms with van der Waals surface area (Å²) in [5, 5.41) is 1.03. The molecule has 1 aliphatic heterocycles. The van der Waals surface area contributed by atoms with E-state index in [1.807, 2.05) is 18.2 Å². The number of alkyl halides is 1. The summed E-state index contributed by atoms with van der Waals surface area (Å²) in [5.74, 6) is -0.744. The van der Waals surface area contributed by atoms with Crippen molar-refractivity contribution in [2.75, 3.05) is 11.9 Å². The Kier molecular flexibility index (Phi) is 4.75. The van der Waals surface area contributed by atoms with Crippen LogP contribution in [0.15, 0.2) is 23.9 Å². The first-order valence-corrected chi connectivity index (χ1v) is 7.66. The van der Waals surface area contributed by atoms with E-state index in [4.69, 9.17) is 0 Å². The maximum atomic E-state index is 11.9. The Balaban J connectivity index is 1.90. The highest BCUT2D eigenvalue weighted by molar-refractivity contribution is 9.09. The van der Waals surface area contributed by atoms with Crippen molar-refractivity contribution in [3.8, 4) is 0 Å². The van der Waals surface area contributed by atoms with Crippen molar-refractivity contribution < 1.29 is 9.59 Å². The van der Waals surface area contributed by atoms with Crippen molar-refractivity contribution >= 4 is 27.6 Å². The first-order chi connectivity index (χ1) is 8.75. The SMILES string of the molecule is O=C1C(=O)N(CCCCCCBr)C2=CC=CCC12. The Morgan fingerprint density at radius 3 is 2.78 bits per heavy atom. The standard InChI is InChI=1S/C14H18BrNO2/c15-9-5-1-2-6-10-16-12-8-4-3-7-11(12)13(17)14(16)18/h3-4,8,11H,1-2,5-7,9-10H2. The predicted octanol–water partition coefficient (Wildman–Crippen LogP) is 2.81. The van der Waals surface area contributed by atoms with Crippen LogP contribution in [0.2, 0.25) is 0 Å². The van der Waals surface area contributed by atoms with Gasteiger partial charge in [0.25, 0.3) is 5.91 Å². The molecule has 0 aromatic heterocycles. The van der Waals surface area contributed by atoms with Crippen LogP contribution in [0.1, 0.15) is 32.1 Å². The molecule has 0 aromatic carbocycles. The van der Waals surface area contributed by atoms with E-state index in [0.717, 1.165) is 23.9 Å². The van der Waals surface area contributed by atoms with Crippen LogP contribution in [-0.2, 0) is 9.59 Å². The van der Waals surface area contributed by atoms with E-state index < -0.39 is 0 Å². The molecule has 2 aliphatic rings. The van der Waals surface area contributed by atoms with E-state index in [1.165, 1.54) is 12.8 Å². The molecule has 2 rings (SSSR count). The van der Waals surface area contributed by atoms with Crippen molar-refractivity contribution in [1.82, 2.24) is 4.90 Å². The summed E-state index contributed by atoms with van der Waals surface area (Å²) < 4.78 is 0. The summed E-state index contributed by atoms with van der Waals surface area (Å²) in [4.78, 5) is 25.4. The number of fused-ring (bicyclic) bond motifs is 1. The van der Waals surface area contributed by atoms with Gasteiger partial charge in [-0.05, 0) is 25.3 Å². The number of rotatable bonds is 6. The largest absolute Gasteiger partial charge is 0.309 e. The lowest BCUT2D eigenvalue weighted by Crippen LogP contribution is -2.27. The molecule has 1 atom stereocenters. The molecule has 0 radical (unpaired) electrons. The number of carbonyl (C=O) groups is 2. The van der Waals surface area contributed by atoms with Gasteiger partial charge in [0.1, 0.15) is 0 Å². The van der Waals surface area contributed by atoms with Crippen LogP contribution in [0.3, 0.4) is 0 Å². The normalized spacial score (nSPS) is 22.4. The molecule has 0 bridgehead atoms. The monoisotopic (exact) mass is 311 g/mol.